The van der Waals surface area contributed by atoms with Crippen LogP contribution in [0, 0.1) is 21.4 Å². The van der Waals surface area contributed by atoms with Crippen LogP contribution in [0.1, 0.15) is 25.0 Å². The Morgan fingerprint density at radius 2 is 2.08 bits per heavy atom. The van der Waals surface area contributed by atoms with E-state index < -0.39 is 4.92 Å². The molecule has 2 aromatic rings. The molecule has 0 aliphatic carbocycles. The maximum atomic E-state index is 10.9. The van der Waals surface area contributed by atoms with Crippen LogP contribution in [0.25, 0.3) is 11.6 Å². The van der Waals surface area contributed by atoms with Gasteiger partial charge in [-0.2, -0.15) is 5.26 Å². The van der Waals surface area contributed by atoms with Crippen LogP contribution < -0.4 is 4.74 Å². The van der Waals surface area contributed by atoms with Crippen molar-refractivity contribution in [1.29, 1.82) is 5.26 Å². The van der Waals surface area contributed by atoms with Gasteiger partial charge in [0, 0.05) is 12.1 Å². The first-order chi connectivity index (χ1) is 11.4. The number of hydrogen-bond donors (Lipinski definition) is 0. The second-order valence-corrected chi connectivity index (χ2v) is 5.74. The molecule has 0 aromatic heterocycles. The molecule has 0 amide bonds. The zero-order chi connectivity index (χ0) is 17.7. The van der Waals surface area contributed by atoms with Crippen LogP contribution in [0.3, 0.4) is 0 Å². The lowest BCUT2D eigenvalue weighted by Gasteiger charge is -2.11. The molecule has 6 heteroatoms. The topological polar surface area (TPSA) is 76.2 Å². The second kappa shape index (κ2) is 7.62. The van der Waals surface area contributed by atoms with Gasteiger partial charge in [-0.3, -0.25) is 10.1 Å². The minimum absolute atomic E-state index is 0.00318. The van der Waals surface area contributed by atoms with E-state index in [9.17, 15) is 15.4 Å². The standard InChI is InChI=1S/C18H15ClN2O3/c1-12(2)24-18-7-6-13(9-17(18)19)8-15(11-20)14-4-3-5-16(10-14)21(22)23/h3-10,12H,1-2H3. The van der Waals surface area contributed by atoms with Gasteiger partial charge >= 0.3 is 0 Å². The molecule has 0 aliphatic heterocycles. The normalized spacial score (nSPS) is 11.2. The third kappa shape index (κ3) is 4.34. The fourth-order valence-electron chi connectivity index (χ4n) is 2.09. The van der Waals surface area contributed by atoms with Crippen molar-refractivity contribution in [1.82, 2.24) is 0 Å². The summed E-state index contributed by atoms with van der Waals surface area (Å²) in [7, 11) is 0. The van der Waals surface area contributed by atoms with Crippen molar-refractivity contribution in [3.05, 3.63) is 68.7 Å². The lowest BCUT2D eigenvalue weighted by atomic mass is 10.0. The molecule has 0 heterocycles. The SMILES string of the molecule is CC(C)Oc1ccc(C=C(C#N)c2cccc([N+](=O)[O-])c2)cc1Cl. The molecule has 0 saturated heterocycles. The van der Waals surface area contributed by atoms with Gasteiger partial charge in [-0.25, -0.2) is 0 Å². The minimum atomic E-state index is -0.493. The van der Waals surface area contributed by atoms with Gasteiger partial charge in [0.2, 0.25) is 0 Å². The van der Waals surface area contributed by atoms with E-state index in [-0.39, 0.29) is 11.8 Å². The molecule has 24 heavy (non-hydrogen) atoms. The average Bonchev–Trinajstić information content (AvgIpc) is 2.54. The molecule has 0 N–H and O–H groups in total. The number of halogens is 1. The first-order valence-electron chi connectivity index (χ1n) is 7.23. The number of nitrogens with zero attached hydrogens (tertiary/aromatic N) is 2. The second-order valence-electron chi connectivity index (χ2n) is 5.33. The number of benzene rings is 2. The van der Waals surface area contributed by atoms with Gasteiger partial charge in [-0.1, -0.05) is 29.8 Å². The maximum absolute atomic E-state index is 10.9. The summed E-state index contributed by atoms with van der Waals surface area (Å²) in [5.74, 6) is 0.567. The molecule has 0 bridgehead atoms. The van der Waals surface area contributed by atoms with Crippen LogP contribution in [0.2, 0.25) is 5.02 Å². The van der Waals surface area contributed by atoms with Crippen LogP contribution >= 0.6 is 11.6 Å². The summed E-state index contributed by atoms with van der Waals surface area (Å²) in [5, 5.41) is 20.7. The number of non-ortho nitro benzene ring substituents is 1. The Morgan fingerprint density at radius 3 is 2.67 bits per heavy atom. The van der Waals surface area contributed by atoms with E-state index >= 15 is 0 Å². The predicted molar refractivity (Wildman–Crippen MR) is 93.8 cm³/mol. The zero-order valence-electron chi connectivity index (χ0n) is 13.2. The fourth-order valence-corrected chi connectivity index (χ4v) is 2.32. The number of hydrogen-bond acceptors (Lipinski definition) is 4. The number of allylic oxidation sites excluding steroid dienone is 1. The van der Waals surface area contributed by atoms with Gasteiger partial charge in [0.15, 0.2) is 0 Å². The fraction of sp³-hybridized carbons (Fsp3) is 0.167. The molecule has 0 fully saturated rings. The monoisotopic (exact) mass is 342 g/mol. The summed E-state index contributed by atoms with van der Waals surface area (Å²) < 4.78 is 5.57. The van der Waals surface area contributed by atoms with Crippen LogP contribution in [0.4, 0.5) is 5.69 Å². The largest absolute Gasteiger partial charge is 0.489 e. The summed E-state index contributed by atoms with van der Waals surface area (Å²) in [6.07, 6.45) is 1.63. The van der Waals surface area contributed by atoms with E-state index in [1.807, 2.05) is 13.8 Å². The Kier molecular flexibility index (Phi) is 5.56. The quantitative estimate of drug-likeness (QED) is 0.328. The van der Waals surface area contributed by atoms with Gasteiger partial charge in [0.05, 0.1) is 27.7 Å². The van der Waals surface area contributed by atoms with E-state index in [4.69, 9.17) is 16.3 Å². The first kappa shape index (κ1) is 17.5. The van der Waals surface area contributed by atoms with Crippen molar-refractivity contribution in [2.24, 2.45) is 0 Å². The lowest BCUT2D eigenvalue weighted by Crippen LogP contribution is -2.05. The molecule has 2 aromatic carbocycles. The third-order valence-electron chi connectivity index (χ3n) is 3.12. The summed E-state index contributed by atoms with van der Waals surface area (Å²) in [6.45, 7) is 3.81. The minimum Gasteiger partial charge on any atom is -0.489 e. The molecule has 0 atom stereocenters. The highest BCUT2D eigenvalue weighted by Gasteiger charge is 2.10. The van der Waals surface area contributed by atoms with Gasteiger partial charge in [0.25, 0.3) is 5.69 Å². The Balaban J connectivity index is 2.37. The summed E-state index contributed by atoms with van der Waals surface area (Å²) in [5.41, 5.74) is 1.43. The molecule has 0 saturated carbocycles. The van der Waals surface area contributed by atoms with Crippen LogP contribution in [0.5, 0.6) is 5.75 Å². The van der Waals surface area contributed by atoms with Gasteiger partial charge in [0.1, 0.15) is 5.75 Å². The highest BCUT2D eigenvalue weighted by atomic mass is 35.5. The van der Waals surface area contributed by atoms with Crippen LogP contribution in [0.15, 0.2) is 42.5 Å². The Labute approximate surface area is 144 Å². The summed E-state index contributed by atoms with van der Waals surface area (Å²) in [6, 6.07) is 13.2. The Morgan fingerprint density at radius 1 is 1.33 bits per heavy atom. The summed E-state index contributed by atoms with van der Waals surface area (Å²) >= 11 is 6.19. The number of ether oxygens (including phenoxy) is 1. The lowest BCUT2D eigenvalue weighted by molar-refractivity contribution is -0.384. The van der Waals surface area contributed by atoms with Crippen molar-refractivity contribution in [3.63, 3.8) is 0 Å². The number of nitro benzene ring substituents is 1. The van der Waals surface area contributed by atoms with Gasteiger partial charge < -0.3 is 4.74 Å². The van der Waals surface area contributed by atoms with E-state index in [2.05, 4.69) is 6.07 Å². The van der Waals surface area contributed by atoms with E-state index in [1.165, 1.54) is 12.1 Å². The number of nitriles is 1. The molecule has 122 valence electrons. The average molecular weight is 343 g/mol. The molecule has 0 unspecified atom stereocenters. The first-order valence-corrected chi connectivity index (χ1v) is 7.61. The van der Waals surface area contributed by atoms with Crippen molar-refractivity contribution in [3.8, 4) is 11.8 Å². The predicted octanol–water partition coefficient (Wildman–Crippen LogP) is 5.10. The molecule has 0 spiro atoms. The van der Waals surface area contributed by atoms with E-state index in [1.54, 1.807) is 36.4 Å². The highest BCUT2D eigenvalue weighted by molar-refractivity contribution is 6.32. The molecule has 0 radical (unpaired) electrons. The Bertz CT molecular complexity index is 838. The highest BCUT2D eigenvalue weighted by Crippen LogP contribution is 2.29. The Hall–Kier alpha value is -2.84. The molecule has 5 nitrogen and oxygen atoms in total. The van der Waals surface area contributed by atoms with Gasteiger partial charge in [-0.05, 0) is 43.2 Å². The molecule has 0 aliphatic rings. The number of nitro groups is 1. The van der Waals surface area contributed by atoms with E-state index in [0.717, 1.165) is 0 Å². The molecule has 2 rings (SSSR count). The van der Waals surface area contributed by atoms with Crippen LogP contribution in [-0.2, 0) is 0 Å². The van der Waals surface area contributed by atoms with Gasteiger partial charge in [-0.15, -0.1) is 0 Å². The third-order valence-corrected chi connectivity index (χ3v) is 3.41. The summed E-state index contributed by atoms with van der Waals surface area (Å²) in [4.78, 5) is 10.4. The number of rotatable bonds is 5. The maximum Gasteiger partial charge on any atom is 0.270 e. The molecular formula is C18H15ClN2O3. The van der Waals surface area contributed by atoms with Crippen molar-refractivity contribution in [2.75, 3.05) is 0 Å². The van der Waals surface area contributed by atoms with Crippen molar-refractivity contribution < 1.29 is 9.66 Å². The van der Waals surface area contributed by atoms with Crippen LogP contribution in [-0.4, -0.2) is 11.0 Å². The van der Waals surface area contributed by atoms with Crippen molar-refractivity contribution in [2.45, 2.75) is 20.0 Å². The molecular weight excluding hydrogens is 328 g/mol. The zero-order valence-corrected chi connectivity index (χ0v) is 13.9. The van der Waals surface area contributed by atoms with E-state index in [0.29, 0.717) is 27.5 Å². The smallest absolute Gasteiger partial charge is 0.270 e. The van der Waals surface area contributed by atoms with Crippen molar-refractivity contribution >= 4 is 28.9 Å².